The molecule has 2 heterocycles. The fraction of sp³-hybridized carbons (Fsp3) is 0.400. The van der Waals surface area contributed by atoms with E-state index in [1.54, 1.807) is 12.1 Å². The van der Waals surface area contributed by atoms with Gasteiger partial charge in [0.25, 0.3) is 11.9 Å². The van der Waals surface area contributed by atoms with Crippen LogP contribution in [0, 0.1) is 0 Å². The zero-order chi connectivity index (χ0) is 16.2. The molecule has 1 unspecified atom stereocenters. The van der Waals surface area contributed by atoms with E-state index in [-0.39, 0.29) is 23.8 Å². The highest BCUT2D eigenvalue weighted by Gasteiger charge is 2.28. The SMILES string of the molecule is CCC(=O)N1CCCC1c1ccc(C(=O)Nc2nn[nH]n2)cc1. The van der Waals surface area contributed by atoms with Crippen molar-refractivity contribution in [3.63, 3.8) is 0 Å². The molecular formula is C15H18N6O2. The van der Waals surface area contributed by atoms with Gasteiger partial charge < -0.3 is 4.90 Å². The summed E-state index contributed by atoms with van der Waals surface area (Å²) in [5.74, 6) is 0.00637. The highest BCUT2D eigenvalue weighted by atomic mass is 16.2. The number of benzene rings is 1. The summed E-state index contributed by atoms with van der Waals surface area (Å²) in [6.07, 6.45) is 2.48. The van der Waals surface area contributed by atoms with Gasteiger partial charge in [-0.3, -0.25) is 14.9 Å². The van der Waals surface area contributed by atoms with Gasteiger partial charge in [-0.25, -0.2) is 0 Å². The minimum Gasteiger partial charge on any atom is -0.336 e. The third-order valence-corrected chi connectivity index (χ3v) is 4.00. The van der Waals surface area contributed by atoms with Crippen molar-refractivity contribution in [2.45, 2.75) is 32.2 Å². The molecule has 0 bridgehead atoms. The molecule has 23 heavy (non-hydrogen) atoms. The maximum absolute atomic E-state index is 12.1. The number of aromatic nitrogens is 4. The number of hydrogen-bond acceptors (Lipinski definition) is 5. The zero-order valence-corrected chi connectivity index (χ0v) is 12.8. The van der Waals surface area contributed by atoms with Crippen molar-refractivity contribution in [2.75, 3.05) is 11.9 Å². The van der Waals surface area contributed by atoms with Crippen LogP contribution in [0.1, 0.15) is 48.1 Å². The number of carbonyl (C=O) groups excluding carboxylic acids is 2. The molecule has 0 aliphatic carbocycles. The number of carbonyl (C=O) groups is 2. The van der Waals surface area contributed by atoms with Gasteiger partial charge in [0.1, 0.15) is 0 Å². The third-order valence-electron chi connectivity index (χ3n) is 4.00. The van der Waals surface area contributed by atoms with E-state index in [1.807, 2.05) is 24.0 Å². The van der Waals surface area contributed by atoms with Crippen molar-refractivity contribution in [2.24, 2.45) is 0 Å². The molecule has 1 aliphatic rings. The van der Waals surface area contributed by atoms with Crippen LogP contribution >= 0.6 is 0 Å². The van der Waals surface area contributed by atoms with Crippen molar-refractivity contribution in [3.05, 3.63) is 35.4 Å². The smallest absolute Gasteiger partial charge is 0.270 e. The molecule has 1 aromatic carbocycles. The minimum atomic E-state index is -0.300. The summed E-state index contributed by atoms with van der Waals surface area (Å²) in [6, 6.07) is 7.40. The maximum atomic E-state index is 12.1. The molecule has 1 aliphatic heterocycles. The van der Waals surface area contributed by atoms with Crippen LogP contribution in [0.5, 0.6) is 0 Å². The molecule has 1 saturated heterocycles. The van der Waals surface area contributed by atoms with Gasteiger partial charge in [0.15, 0.2) is 0 Å². The molecule has 1 aromatic heterocycles. The van der Waals surface area contributed by atoms with Crippen LogP contribution in [0.4, 0.5) is 5.95 Å². The molecule has 1 atom stereocenters. The predicted molar refractivity (Wildman–Crippen MR) is 82.6 cm³/mol. The Hall–Kier alpha value is -2.77. The van der Waals surface area contributed by atoms with Gasteiger partial charge >= 0.3 is 0 Å². The van der Waals surface area contributed by atoms with Crippen LogP contribution in [0.15, 0.2) is 24.3 Å². The Morgan fingerprint density at radius 2 is 2.13 bits per heavy atom. The first kappa shape index (κ1) is 15.1. The van der Waals surface area contributed by atoms with Gasteiger partial charge in [0.2, 0.25) is 5.91 Å². The van der Waals surface area contributed by atoms with Crippen molar-refractivity contribution in [1.29, 1.82) is 0 Å². The molecule has 8 nitrogen and oxygen atoms in total. The number of rotatable bonds is 4. The number of amides is 2. The Bertz CT molecular complexity index is 683. The second-order valence-corrected chi connectivity index (χ2v) is 5.41. The van der Waals surface area contributed by atoms with Crippen LogP contribution in [0.25, 0.3) is 0 Å². The normalized spacial score (nSPS) is 17.3. The number of nitrogens with zero attached hydrogens (tertiary/aromatic N) is 4. The zero-order valence-electron chi connectivity index (χ0n) is 12.8. The molecule has 2 amide bonds. The lowest BCUT2D eigenvalue weighted by molar-refractivity contribution is -0.131. The quantitative estimate of drug-likeness (QED) is 0.890. The first-order chi connectivity index (χ1) is 11.2. The van der Waals surface area contributed by atoms with Crippen molar-refractivity contribution in [3.8, 4) is 0 Å². The van der Waals surface area contributed by atoms with Crippen LogP contribution in [0.2, 0.25) is 0 Å². The molecule has 0 spiro atoms. The van der Waals surface area contributed by atoms with Gasteiger partial charge in [-0.1, -0.05) is 24.2 Å². The molecule has 1 fully saturated rings. The number of anilines is 1. The van der Waals surface area contributed by atoms with E-state index in [2.05, 4.69) is 25.9 Å². The largest absolute Gasteiger partial charge is 0.336 e. The molecule has 0 saturated carbocycles. The minimum absolute atomic E-state index is 0.108. The van der Waals surface area contributed by atoms with Crippen LogP contribution in [0.3, 0.4) is 0 Å². The van der Waals surface area contributed by atoms with E-state index in [9.17, 15) is 9.59 Å². The highest BCUT2D eigenvalue weighted by Crippen LogP contribution is 2.32. The Morgan fingerprint density at radius 3 is 2.78 bits per heavy atom. The molecule has 3 rings (SSSR count). The predicted octanol–water partition coefficient (Wildman–Crippen LogP) is 1.53. The van der Waals surface area contributed by atoms with Gasteiger partial charge in [0, 0.05) is 18.5 Å². The Labute approximate surface area is 133 Å². The summed E-state index contributed by atoms with van der Waals surface area (Å²) in [6.45, 7) is 2.68. The number of aromatic amines is 1. The van der Waals surface area contributed by atoms with E-state index in [4.69, 9.17) is 0 Å². The summed E-state index contributed by atoms with van der Waals surface area (Å²) in [4.78, 5) is 26.0. The summed E-state index contributed by atoms with van der Waals surface area (Å²) in [7, 11) is 0. The van der Waals surface area contributed by atoms with Gasteiger partial charge in [-0.15, -0.1) is 5.10 Å². The third kappa shape index (κ3) is 3.20. The Kier molecular flexibility index (Phi) is 4.31. The van der Waals surface area contributed by atoms with Gasteiger partial charge in [-0.05, 0) is 35.8 Å². The molecule has 8 heteroatoms. The lowest BCUT2D eigenvalue weighted by atomic mass is 10.0. The molecular weight excluding hydrogens is 296 g/mol. The summed E-state index contributed by atoms with van der Waals surface area (Å²) in [5, 5.41) is 15.6. The summed E-state index contributed by atoms with van der Waals surface area (Å²) >= 11 is 0. The number of tetrazole rings is 1. The summed E-state index contributed by atoms with van der Waals surface area (Å²) in [5.41, 5.74) is 1.56. The fourth-order valence-corrected chi connectivity index (χ4v) is 2.86. The van der Waals surface area contributed by atoms with E-state index in [0.29, 0.717) is 12.0 Å². The van der Waals surface area contributed by atoms with Gasteiger partial charge in [0.05, 0.1) is 6.04 Å². The van der Waals surface area contributed by atoms with Crippen molar-refractivity contribution >= 4 is 17.8 Å². The highest BCUT2D eigenvalue weighted by molar-refractivity contribution is 6.03. The number of nitrogens with one attached hydrogen (secondary N) is 2. The average Bonchev–Trinajstić information content (AvgIpc) is 3.25. The fourth-order valence-electron chi connectivity index (χ4n) is 2.86. The topological polar surface area (TPSA) is 104 Å². The molecule has 120 valence electrons. The lowest BCUT2D eigenvalue weighted by Crippen LogP contribution is -2.29. The van der Waals surface area contributed by atoms with E-state index in [1.165, 1.54) is 0 Å². The first-order valence-electron chi connectivity index (χ1n) is 7.63. The van der Waals surface area contributed by atoms with Crippen LogP contribution in [-0.4, -0.2) is 43.9 Å². The van der Waals surface area contributed by atoms with Crippen molar-refractivity contribution < 1.29 is 9.59 Å². The average molecular weight is 314 g/mol. The standard InChI is InChI=1S/C15H18N6O2/c1-2-13(22)21-9-3-4-12(21)10-5-7-11(8-6-10)14(23)16-15-17-19-20-18-15/h5-8,12H,2-4,9H2,1H3,(H2,16,17,18,19,20,23). The number of likely N-dealkylation sites (tertiary alicyclic amines) is 1. The summed E-state index contributed by atoms with van der Waals surface area (Å²) < 4.78 is 0. The molecule has 2 N–H and O–H groups in total. The monoisotopic (exact) mass is 314 g/mol. The maximum Gasteiger partial charge on any atom is 0.270 e. The van der Waals surface area contributed by atoms with Crippen LogP contribution in [-0.2, 0) is 4.79 Å². The molecule has 2 aromatic rings. The van der Waals surface area contributed by atoms with E-state index < -0.39 is 0 Å². The molecule has 0 radical (unpaired) electrons. The van der Waals surface area contributed by atoms with Gasteiger partial charge in [-0.2, -0.15) is 5.21 Å². The number of hydrogen-bond donors (Lipinski definition) is 2. The van der Waals surface area contributed by atoms with E-state index in [0.717, 1.165) is 24.9 Å². The lowest BCUT2D eigenvalue weighted by Gasteiger charge is -2.24. The first-order valence-corrected chi connectivity index (χ1v) is 7.63. The van der Waals surface area contributed by atoms with Crippen molar-refractivity contribution in [1.82, 2.24) is 25.5 Å². The Balaban J connectivity index is 1.71. The second kappa shape index (κ2) is 6.55. The Morgan fingerprint density at radius 1 is 1.35 bits per heavy atom. The second-order valence-electron chi connectivity index (χ2n) is 5.41. The van der Waals surface area contributed by atoms with E-state index >= 15 is 0 Å². The number of H-pyrrole nitrogens is 1. The van der Waals surface area contributed by atoms with Crippen LogP contribution < -0.4 is 5.32 Å².